The Kier molecular flexibility index (Phi) is 1.45. The van der Waals surface area contributed by atoms with E-state index in [-0.39, 0.29) is 5.95 Å². The van der Waals surface area contributed by atoms with Crippen LogP contribution >= 0.6 is 0 Å². The van der Waals surface area contributed by atoms with Crippen LogP contribution in [0.25, 0.3) is 0 Å². The van der Waals surface area contributed by atoms with Gasteiger partial charge >= 0.3 is 0 Å². The molecule has 1 aliphatic carbocycles. The summed E-state index contributed by atoms with van der Waals surface area (Å²) in [6.07, 6.45) is 5.48. The maximum atomic E-state index is 5.30. The van der Waals surface area contributed by atoms with E-state index in [1.54, 1.807) is 6.20 Å². The number of hydrogen-bond donors (Lipinski definition) is 1. The van der Waals surface area contributed by atoms with E-state index >= 15 is 0 Å². The van der Waals surface area contributed by atoms with Gasteiger partial charge in [-0.05, 0) is 12.8 Å². The summed E-state index contributed by atoms with van der Waals surface area (Å²) in [6, 6.07) is 0. The number of nitrogens with zero attached hydrogens (tertiary/aromatic N) is 3. The average Bonchev–Trinajstić information content (AvgIpc) is 1.90. The van der Waals surface area contributed by atoms with Crippen LogP contribution in [-0.2, 0) is 0 Å². The van der Waals surface area contributed by atoms with Crippen LogP contribution in [0.5, 0.6) is 0 Å². The molecular weight excluding hydrogens is 140 g/mol. The molecule has 2 rings (SSSR count). The van der Waals surface area contributed by atoms with E-state index in [9.17, 15) is 0 Å². The van der Waals surface area contributed by atoms with Crippen molar-refractivity contribution in [2.75, 3.05) is 5.73 Å². The maximum absolute atomic E-state index is 5.30. The Balaban J connectivity index is 2.18. The fraction of sp³-hybridized carbons (Fsp3) is 0.571. The van der Waals surface area contributed by atoms with Gasteiger partial charge in [-0.1, -0.05) is 6.42 Å². The lowest BCUT2D eigenvalue weighted by Gasteiger charge is -2.23. The van der Waals surface area contributed by atoms with Crippen molar-refractivity contribution in [2.45, 2.75) is 25.2 Å². The minimum atomic E-state index is 0.257. The third-order valence-electron chi connectivity index (χ3n) is 2.12. The Hall–Kier alpha value is -1.19. The monoisotopic (exact) mass is 150 g/mol. The molecule has 0 bridgehead atoms. The highest BCUT2D eigenvalue weighted by Gasteiger charge is 2.21. The summed E-state index contributed by atoms with van der Waals surface area (Å²) in [5.74, 6) is 0.851. The Bertz CT molecular complexity index is 239. The van der Waals surface area contributed by atoms with Crippen LogP contribution in [0.2, 0.25) is 0 Å². The van der Waals surface area contributed by atoms with Gasteiger partial charge in [0.2, 0.25) is 5.95 Å². The van der Waals surface area contributed by atoms with Gasteiger partial charge in [0, 0.05) is 5.92 Å². The van der Waals surface area contributed by atoms with Gasteiger partial charge in [-0.3, -0.25) is 0 Å². The van der Waals surface area contributed by atoms with E-state index in [1.165, 1.54) is 19.3 Å². The fourth-order valence-corrected chi connectivity index (χ4v) is 1.18. The zero-order chi connectivity index (χ0) is 7.68. The summed E-state index contributed by atoms with van der Waals surface area (Å²) in [6.45, 7) is 0. The van der Waals surface area contributed by atoms with E-state index in [0.717, 1.165) is 5.69 Å². The van der Waals surface area contributed by atoms with Gasteiger partial charge in [-0.25, -0.2) is 4.98 Å². The van der Waals surface area contributed by atoms with Crippen LogP contribution in [-0.4, -0.2) is 15.2 Å². The molecule has 4 nitrogen and oxygen atoms in total. The molecule has 11 heavy (non-hydrogen) atoms. The van der Waals surface area contributed by atoms with Gasteiger partial charge in [-0.15, -0.1) is 5.10 Å². The fourth-order valence-electron chi connectivity index (χ4n) is 1.18. The predicted octanol–water partition coefficient (Wildman–Crippen LogP) is 0.721. The number of aromatic nitrogens is 3. The molecule has 1 fully saturated rings. The molecule has 4 heteroatoms. The summed E-state index contributed by atoms with van der Waals surface area (Å²) >= 11 is 0. The molecule has 0 aliphatic heterocycles. The number of hydrogen-bond acceptors (Lipinski definition) is 4. The topological polar surface area (TPSA) is 64.7 Å². The van der Waals surface area contributed by atoms with Gasteiger partial charge in [-0.2, -0.15) is 5.10 Å². The normalized spacial score (nSPS) is 17.8. The van der Waals surface area contributed by atoms with Crippen LogP contribution in [0.3, 0.4) is 0 Å². The Morgan fingerprint density at radius 2 is 2.18 bits per heavy atom. The molecule has 1 aromatic rings. The maximum Gasteiger partial charge on any atom is 0.240 e. The summed E-state index contributed by atoms with van der Waals surface area (Å²) in [4.78, 5) is 3.89. The van der Waals surface area contributed by atoms with Crippen LogP contribution in [0.1, 0.15) is 30.9 Å². The first-order chi connectivity index (χ1) is 5.36. The first kappa shape index (κ1) is 6.52. The highest BCUT2D eigenvalue weighted by atomic mass is 15.2. The van der Waals surface area contributed by atoms with Crippen molar-refractivity contribution < 1.29 is 0 Å². The van der Waals surface area contributed by atoms with Crippen molar-refractivity contribution in [3.05, 3.63) is 11.9 Å². The van der Waals surface area contributed by atoms with Crippen LogP contribution < -0.4 is 5.73 Å². The third kappa shape index (κ3) is 1.15. The van der Waals surface area contributed by atoms with Crippen LogP contribution in [0.4, 0.5) is 5.95 Å². The molecule has 0 unspecified atom stereocenters. The van der Waals surface area contributed by atoms with Crippen molar-refractivity contribution in [3.63, 3.8) is 0 Å². The molecule has 1 aromatic heterocycles. The molecule has 0 radical (unpaired) electrons. The minimum Gasteiger partial charge on any atom is -0.366 e. The van der Waals surface area contributed by atoms with Crippen molar-refractivity contribution in [1.29, 1.82) is 0 Å². The average molecular weight is 150 g/mol. The lowest BCUT2D eigenvalue weighted by Crippen LogP contribution is -2.12. The summed E-state index contributed by atoms with van der Waals surface area (Å²) in [7, 11) is 0. The van der Waals surface area contributed by atoms with Gasteiger partial charge < -0.3 is 5.73 Å². The van der Waals surface area contributed by atoms with E-state index in [1.807, 2.05) is 0 Å². The smallest absolute Gasteiger partial charge is 0.240 e. The largest absolute Gasteiger partial charge is 0.366 e. The minimum absolute atomic E-state index is 0.257. The van der Waals surface area contributed by atoms with Crippen molar-refractivity contribution >= 4 is 5.95 Å². The van der Waals surface area contributed by atoms with Crippen LogP contribution in [0.15, 0.2) is 6.20 Å². The molecule has 1 saturated carbocycles. The highest BCUT2D eigenvalue weighted by Crippen LogP contribution is 2.34. The van der Waals surface area contributed by atoms with Crippen molar-refractivity contribution in [3.8, 4) is 0 Å². The lowest BCUT2D eigenvalue weighted by atomic mass is 9.83. The molecule has 0 saturated heterocycles. The molecule has 0 amide bonds. The molecule has 2 N–H and O–H groups in total. The molecule has 58 valence electrons. The summed E-state index contributed by atoms with van der Waals surface area (Å²) < 4.78 is 0. The standard InChI is InChI=1S/C7H10N4/c8-7-9-4-6(10-11-7)5-2-1-3-5/h4-5H,1-3H2,(H2,8,9,11). The van der Waals surface area contributed by atoms with E-state index in [2.05, 4.69) is 15.2 Å². The number of rotatable bonds is 1. The molecular formula is C7H10N4. The first-order valence-electron chi connectivity index (χ1n) is 3.81. The van der Waals surface area contributed by atoms with E-state index in [0.29, 0.717) is 5.92 Å². The molecule has 0 spiro atoms. The number of nitrogen functional groups attached to an aromatic ring is 1. The molecule has 1 aliphatic rings. The van der Waals surface area contributed by atoms with Crippen LogP contribution in [0, 0.1) is 0 Å². The van der Waals surface area contributed by atoms with Gasteiger partial charge in [0.05, 0.1) is 11.9 Å². The van der Waals surface area contributed by atoms with E-state index < -0.39 is 0 Å². The zero-order valence-corrected chi connectivity index (χ0v) is 6.20. The van der Waals surface area contributed by atoms with Crippen molar-refractivity contribution in [1.82, 2.24) is 15.2 Å². The third-order valence-corrected chi connectivity index (χ3v) is 2.12. The molecule has 1 heterocycles. The highest BCUT2D eigenvalue weighted by molar-refractivity contribution is 5.14. The van der Waals surface area contributed by atoms with E-state index in [4.69, 9.17) is 5.73 Å². The zero-order valence-electron chi connectivity index (χ0n) is 6.20. The predicted molar refractivity (Wildman–Crippen MR) is 40.8 cm³/mol. The second kappa shape index (κ2) is 2.45. The molecule has 0 aromatic carbocycles. The SMILES string of the molecule is Nc1ncc(C2CCC2)nn1. The van der Waals surface area contributed by atoms with Gasteiger partial charge in [0.1, 0.15) is 0 Å². The second-order valence-corrected chi connectivity index (χ2v) is 2.87. The summed E-state index contributed by atoms with van der Waals surface area (Å²) in [5.41, 5.74) is 6.29. The van der Waals surface area contributed by atoms with Gasteiger partial charge in [0.15, 0.2) is 0 Å². The Morgan fingerprint density at radius 3 is 2.64 bits per heavy atom. The Labute approximate surface area is 64.9 Å². The first-order valence-corrected chi connectivity index (χ1v) is 3.81. The van der Waals surface area contributed by atoms with Crippen molar-refractivity contribution in [2.24, 2.45) is 0 Å². The second-order valence-electron chi connectivity index (χ2n) is 2.87. The number of nitrogens with two attached hydrogens (primary N) is 1. The Morgan fingerprint density at radius 1 is 1.36 bits per heavy atom. The quantitative estimate of drug-likeness (QED) is 0.640. The summed E-state index contributed by atoms with van der Waals surface area (Å²) in [5, 5.41) is 7.66. The lowest BCUT2D eigenvalue weighted by molar-refractivity contribution is 0.406. The van der Waals surface area contributed by atoms with Gasteiger partial charge in [0.25, 0.3) is 0 Å². The molecule has 0 atom stereocenters. The number of anilines is 1.